The first-order valence-corrected chi connectivity index (χ1v) is 5.55. The van der Waals surface area contributed by atoms with Gasteiger partial charge in [0.1, 0.15) is 0 Å². The van der Waals surface area contributed by atoms with Crippen LogP contribution in [0.1, 0.15) is 31.9 Å². The van der Waals surface area contributed by atoms with Gasteiger partial charge in [0, 0.05) is 31.1 Å². The van der Waals surface area contributed by atoms with E-state index in [0.29, 0.717) is 18.2 Å². The van der Waals surface area contributed by atoms with Crippen LogP contribution in [-0.2, 0) is 4.74 Å². The van der Waals surface area contributed by atoms with Crippen LogP contribution in [0.3, 0.4) is 0 Å². The molecular formula is C12H18N2O. The predicted molar refractivity (Wildman–Crippen MR) is 59.6 cm³/mol. The molecule has 1 saturated heterocycles. The van der Waals surface area contributed by atoms with Crippen molar-refractivity contribution in [3.8, 4) is 0 Å². The van der Waals surface area contributed by atoms with Gasteiger partial charge in [0.2, 0.25) is 0 Å². The summed E-state index contributed by atoms with van der Waals surface area (Å²) in [4.78, 5) is 4.13. The summed E-state index contributed by atoms with van der Waals surface area (Å²) in [6.45, 7) is 5.17. The molecule has 0 spiro atoms. The molecule has 15 heavy (non-hydrogen) atoms. The molecule has 82 valence electrons. The number of pyridine rings is 1. The van der Waals surface area contributed by atoms with Crippen molar-refractivity contribution < 1.29 is 4.74 Å². The van der Waals surface area contributed by atoms with Gasteiger partial charge in [-0.05, 0) is 31.9 Å². The largest absolute Gasteiger partial charge is 0.377 e. The van der Waals surface area contributed by atoms with Crippen molar-refractivity contribution in [3.05, 3.63) is 30.1 Å². The summed E-state index contributed by atoms with van der Waals surface area (Å²) in [7, 11) is 0. The van der Waals surface area contributed by atoms with Crippen LogP contribution >= 0.6 is 0 Å². The molecule has 1 N–H and O–H groups in total. The lowest BCUT2D eigenvalue weighted by atomic mass is 10.1. The second kappa shape index (κ2) is 4.73. The van der Waals surface area contributed by atoms with Gasteiger partial charge < -0.3 is 10.1 Å². The van der Waals surface area contributed by atoms with E-state index in [2.05, 4.69) is 30.2 Å². The topological polar surface area (TPSA) is 34.1 Å². The highest BCUT2D eigenvalue weighted by atomic mass is 16.5. The molecule has 2 rings (SSSR count). The van der Waals surface area contributed by atoms with E-state index < -0.39 is 0 Å². The molecule has 3 heteroatoms. The van der Waals surface area contributed by atoms with Gasteiger partial charge >= 0.3 is 0 Å². The van der Waals surface area contributed by atoms with E-state index >= 15 is 0 Å². The lowest BCUT2D eigenvalue weighted by Gasteiger charge is -2.21. The van der Waals surface area contributed by atoms with Gasteiger partial charge in [-0.2, -0.15) is 0 Å². The summed E-state index contributed by atoms with van der Waals surface area (Å²) in [5.74, 6) is 0. The van der Waals surface area contributed by atoms with Crippen LogP contribution in [-0.4, -0.2) is 23.7 Å². The van der Waals surface area contributed by atoms with Crippen molar-refractivity contribution in [2.75, 3.05) is 6.61 Å². The van der Waals surface area contributed by atoms with Crippen LogP contribution in [0.5, 0.6) is 0 Å². The Bertz CT molecular complexity index is 302. The van der Waals surface area contributed by atoms with Crippen LogP contribution in [0.15, 0.2) is 24.5 Å². The molecule has 0 amide bonds. The van der Waals surface area contributed by atoms with E-state index in [1.807, 2.05) is 12.3 Å². The van der Waals surface area contributed by atoms with Crippen LogP contribution in [0.4, 0.5) is 0 Å². The molecule has 1 aliphatic heterocycles. The molecule has 0 aliphatic carbocycles. The number of ether oxygens (including phenoxy) is 1. The normalized spacial score (nSPS) is 27.9. The average Bonchev–Trinajstić information content (AvgIpc) is 2.66. The maximum Gasteiger partial charge on any atom is 0.0700 e. The van der Waals surface area contributed by atoms with Gasteiger partial charge in [-0.3, -0.25) is 4.98 Å². The fourth-order valence-electron chi connectivity index (χ4n) is 2.00. The van der Waals surface area contributed by atoms with Crippen LogP contribution < -0.4 is 5.32 Å². The van der Waals surface area contributed by atoms with E-state index in [4.69, 9.17) is 4.74 Å². The minimum absolute atomic E-state index is 0.323. The summed E-state index contributed by atoms with van der Waals surface area (Å²) in [6.07, 6.45) is 5.14. The smallest absolute Gasteiger partial charge is 0.0700 e. The molecule has 0 bridgehead atoms. The first kappa shape index (κ1) is 10.6. The van der Waals surface area contributed by atoms with Gasteiger partial charge in [0.05, 0.1) is 6.10 Å². The van der Waals surface area contributed by atoms with E-state index in [1.54, 1.807) is 6.20 Å². The van der Waals surface area contributed by atoms with E-state index in [1.165, 1.54) is 5.56 Å². The summed E-state index contributed by atoms with van der Waals surface area (Å²) in [5, 5.41) is 3.58. The number of nitrogens with zero attached hydrogens (tertiary/aromatic N) is 1. The van der Waals surface area contributed by atoms with Gasteiger partial charge in [0.15, 0.2) is 0 Å². The predicted octanol–water partition coefficient (Wildman–Crippen LogP) is 1.91. The zero-order valence-electron chi connectivity index (χ0n) is 9.31. The molecule has 2 heterocycles. The van der Waals surface area contributed by atoms with Gasteiger partial charge in [-0.1, -0.05) is 6.07 Å². The van der Waals surface area contributed by atoms with Crippen molar-refractivity contribution in [1.29, 1.82) is 0 Å². The Kier molecular flexibility index (Phi) is 3.34. The molecule has 1 aliphatic rings. The zero-order chi connectivity index (χ0) is 10.7. The first-order valence-electron chi connectivity index (χ1n) is 5.55. The highest BCUT2D eigenvalue weighted by Crippen LogP contribution is 2.18. The number of nitrogens with one attached hydrogen (secondary N) is 1. The Morgan fingerprint density at radius 1 is 1.60 bits per heavy atom. The Morgan fingerprint density at radius 2 is 2.47 bits per heavy atom. The van der Waals surface area contributed by atoms with Crippen molar-refractivity contribution in [2.24, 2.45) is 0 Å². The van der Waals surface area contributed by atoms with E-state index in [9.17, 15) is 0 Å². The second-order valence-corrected chi connectivity index (χ2v) is 4.15. The summed E-state index contributed by atoms with van der Waals surface area (Å²) >= 11 is 0. The lowest BCUT2D eigenvalue weighted by Crippen LogP contribution is -2.36. The molecule has 1 aromatic heterocycles. The van der Waals surface area contributed by atoms with Crippen LogP contribution in [0.25, 0.3) is 0 Å². The minimum Gasteiger partial charge on any atom is -0.377 e. The third kappa shape index (κ3) is 2.55. The SMILES string of the molecule is CC1OCCC1N[C@@H](C)c1cccnc1. The molecule has 0 saturated carbocycles. The first-order chi connectivity index (χ1) is 7.27. The Balaban J connectivity index is 1.95. The molecule has 0 radical (unpaired) electrons. The molecule has 2 unspecified atom stereocenters. The maximum atomic E-state index is 5.52. The van der Waals surface area contributed by atoms with E-state index in [0.717, 1.165) is 13.0 Å². The molecule has 1 fully saturated rings. The lowest BCUT2D eigenvalue weighted by molar-refractivity contribution is 0.111. The third-order valence-electron chi connectivity index (χ3n) is 3.02. The average molecular weight is 206 g/mol. The van der Waals surface area contributed by atoms with Gasteiger partial charge in [0.25, 0.3) is 0 Å². The second-order valence-electron chi connectivity index (χ2n) is 4.15. The van der Waals surface area contributed by atoms with Crippen LogP contribution in [0.2, 0.25) is 0 Å². The Labute approximate surface area is 90.9 Å². The number of hydrogen-bond donors (Lipinski definition) is 1. The number of aromatic nitrogens is 1. The molecule has 3 nitrogen and oxygen atoms in total. The van der Waals surface area contributed by atoms with Crippen LogP contribution in [0, 0.1) is 0 Å². The number of hydrogen-bond acceptors (Lipinski definition) is 3. The van der Waals surface area contributed by atoms with Gasteiger partial charge in [-0.15, -0.1) is 0 Å². The third-order valence-corrected chi connectivity index (χ3v) is 3.02. The van der Waals surface area contributed by atoms with Crippen molar-refractivity contribution in [1.82, 2.24) is 10.3 Å². The number of rotatable bonds is 3. The maximum absolute atomic E-state index is 5.52. The monoisotopic (exact) mass is 206 g/mol. The molecular weight excluding hydrogens is 188 g/mol. The quantitative estimate of drug-likeness (QED) is 0.820. The molecule has 0 aromatic carbocycles. The summed E-state index contributed by atoms with van der Waals surface area (Å²) in [5.41, 5.74) is 1.23. The minimum atomic E-state index is 0.323. The fourth-order valence-corrected chi connectivity index (χ4v) is 2.00. The highest BCUT2D eigenvalue weighted by molar-refractivity contribution is 5.13. The summed E-state index contributed by atoms with van der Waals surface area (Å²) < 4.78 is 5.52. The standard InChI is InChI=1S/C12H18N2O/c1-9(11-4-3-6-13-8-11)14-12-5-7-15-10(12)2/h3-4,6,8-10,12,14H,5,7H2,1-2H3/t9-,10?,12?/m0/s1. The fraction of sp³-hybridized carbons (Fsp3) is 0.583. The van der Waals surface area contributed by atoms with Crippen molar-refractivity contribution in [3.63, 3.8) is 0 Å². The molecule has 3 atom stereocenters. The summed E-state index contributed by atoms with van der Waals surface area (Å²) in [6, 6.07) is 4.89. The Hall–Kier alpha value is -0.930. The Morgan fingerprint density at radius 3 is 3.07 bits per heavy atom. The van der Waals surface area contributed by atoms with Crippen molar-refractivity contribution >= 4 is 0 Å². The zero-order valence-corrected chi connectivity index (χ0v) is 9.31. The van der Waals surface area contributed by atoms with E-state index in [-0.39, 0.29) is 0 Å². The highest BCUT2D eigenvalue weighted by Gasteiger charge is 2.25. The molecule has 1 aromatic rings. The van der Waals surface area contributed by atoms with Crippen molar-refractivity contribution in [2.45, 2.75) is 38.5 Å². The van der Waals surface area contributed by atoms with Gasteiger partial charge in [-0.25, -0.2) is 0 Å².